The third kappa shape index (κ3) is 5.21. The van der Waals surface area contributed by atoms with E-state index in [2.05, 4.69) is 30.9 Å². The highest BCUT2D eigenvalue weighted by Crippen LogP contribution is 2.33. The lowest BCUT2D eigenvalue weighted by Crippen LogP contribution is -2.39. The second kappa shape index (κ2) is 9.84. The van der Waals surface area contributed by atoms with Crippen molar-refractivity contribution in [2.45, 2.75) is 20.3 Å². The third-order valence-corrected chi connectivity index (χ3v) is 7.00. The summed E-state index contributed by atoms with van der Waals surface area (Å²) in [7, 11) is 0. The molecule has 0 radical (unpaired) electrons. The van der Waals surface area contributed by atoms with E-state index in [1.54, 1.807) is 23.1 Å². The summed E-state index contributed by atoms with van der Waals surface area (Å²) >= 11 is 14.1. The number of carbonyl (C=O) groups excluding carboxylic acids is 1. The number of carbonyl (C=O) groups is 1. The first kappa shape index (κ1) is 22.5. The summed E-state index contributed by atoms with van der Waals surface area (Å²) < 4.78 is 6.51. The lowest BCUT2D eigenvalue weighted by molar-refractivity contribution is 0.0376. The number of aryl methyl sites for hydroxylation is 2. The van der Waals surface area contributed by atoms with Gasteiger partial charge in [0.05, 0.1) is 34.0 Å². The van der Waals surface area contributed by atoms with Gasteiger partial charge in [-0.05, 0) is 55.7 Å². The Balaban J connectivity index is 1.64. The van der Waals surface area contributed by atoms with E-state index in [4.69, 9.17) is 32.9 Å². The van der Waals surface area contributed by atoms with E-state index in [0.717, 1.165) is 55.0 Å². The topological polar surface area (TPSA) is 45.7 Å². The maximum Gasteiger partial charge on any atom is 0.261 e. The number of hydrogen-bond acceptors (Lipinski definition) is 5. The van der Waals surface area contributed by atoms with Crippen LogP contribution >= 0.6 is 34.5 Å². The van der Waals surface area contributed by atoms with Crippen molar-refractivity contribution in [2.24, 2.45) is 0 Å². The zero-order chi connectivity index (χ0) is 22.0. The van der Waals surface area contributed by atoms with Gasteiger partial charge in [-0.1, -0.05) is 40.6 Å². The number of benzene rings is 2. The number of anilines is 1. The van der Waals surface area contributed by atoms with Gasteiger partial charge in [0, 0.05) is 31.2 Å². The molecule has 1 amide bonds. The molecule has 3 aromatic rings. The van der Waals surface area contributed by atoms with Gasteiger partial charge in [-0.25, -0.2) is 4.98 Å². The van der Waals surface area contributed by atoms with Crippen LogP contribution in [0.15, 0.2) is 30.3 Å². The Morgan fingerprint density at radius 1 is 1.19 bits per heavy atom. The van der Waals surface area contributed by atoms with Gasteiger partial charge in [0.15, 0.2) is 5.13 Å². The summed E-state index contributed by atoms with van der Waals surface area (Å²) in [4.78, 5) is 22.5. The van der Waals surface area contributed by atoms with E-state index >= 15 is 0 Å². The molecule has 0 spiro atoms. The monoisotopic (exact) mass is 477 g/mol. The van der Waals surface area contributed by atoms with Crippen LogP contribution in [0.3, 0.4) is 0 Å². The highest BCUT2D eigenvalue weighted by molar-refractivity contribution is 7.22. The van der Waals surface area contributed by atoms with Crippen molar-refractivity contribution in [3.63, 3.8) is 0 Å². The van der Waals surface area contributed by atoms with Gasteiger partial charge in [0.2, 0.25) is 0 Å². The van der Waals surface area contributed by atoms with Crippen molar-refractivity contribution < 1.29 is 9.53 Å². The van der Waals surface area contributed by atoms with E-state index in [1.165, 1.54) is 16.9 Å². The molecule has 0 atom stereocenters. The van der Waals surface area contributed by atoms with E-state index in [1.807, 2.05) is 0 Å². The highest BCUT2D eigenvalue weighted by atomic mass is 35.5. The first-order valence-electron chi connectivity index (χ1n) is 10.4. The number of hydrogen-bond donors (Lipinski definition) is 0. The van der Waals surface area contributed by atoms with E-state index < -0.39 is 0 Å². The molecule has 0 N–H and O–H groups in total. The smallest absolute Gasteiger partial charge is 0.261 e. The summed E-state index contributed by atoms with van der Waals surface area (Å²) in [6.45, 7) is 8.95. The predicted octanol–water partition coefficient (Wildman–Crippen LogP) is 5.59. The summed E-state index contributed by atoms with van der Waals surface area (Å²) in [6.07, 6.45) is 0.831. The summed E-state index contributed by atoms with van der Waals surface area (Å²) in [5.41, 5.74) is 3.63. The van der Waals surface area contributed by atoms with Crippen LogP contribution in [0.5, 0.6) is 0 Å². The van der Waals surface area contributed by atoms with Gasteiger partial charge in [-0.3, -0.25) is 14.6 Å². The number of thiazole rings is 1. The number of amides is 1. The maximum absolute atomic E-state index is 13.5. The number of halogens is 2. The molecule has 1 fully saturated rings. The van der Waals surface area contributed by atoms with E-state index in [0.29, 0.717) is 27.3 Å². The average Bonchev–Trinajstić information content (AvgIpc) is 3.17. The largest absolute Gasteiger partial charge is 0.379 e. The van der Waals surface area contributed by atoms with Crippen LogP contribution < -0.4 is 4.90 Å². The summed E-state index contributed by atoms with van der Waals surface area (Å²) in [6, 6.07) is 9.21. The van der Waals surface area contributed by atoms with Crippen molar-refractivity contribution in [3.8, 4) is 0 Å². The van der Waals surface area contributed by atoms with E-state index in [-0.39, 0.29) is 5.91 Å². The zero-order valence-electron chi connectivity index (χ0n) is 17.7. The zero-order valence-corrected chi connectivity index (χ0v) is 20.0. The normalized spacial score (nSPS) is 14.8. The first-order chi connectivity index (χ1) is 14.9. The molecule has 2 aromatic carbocycles. The number of rotatable bonds is 6. The van der Waals surface area contributed by atoms with Crippen LogP contribution in [0.1, 0.15) is 27.9 Å². The van der Waals surface area contributed by atoms with E-state index in [9.17, 15) is 4.79 Å². The molecule has 5 nitrogen and oxygen atoms in total. The molecule has 31 heavy (non-hydrogen) atoms. The molecular weight excluding hydrogens is 453 g/mol. The standard InChI is InChI=1S/C23H25Cl2N3O2S/c1-15-12-16(2)21-20(13-15)31-23(26-21)28(7-3-6-27-8-10-30-11-9-27)22(29)18-14-17(24)4-5-19(18)25/h4-5,12-14H,3,6-11H2,1-2H3. The SMILES string of the molecule is Cc1cc(C)c2nc(N(CCCN3CCOCC3)C(=O)c3cc(Cl)ccc3Cl)sc2c1. The number of ether oxygens (including phenoxy) is 1. The van der Waals surface area contributed by atoms with Gasteiger partial charge in [0.25, 0.3) is 5.91 Å². The van der Waals surface area contributed by atoms with Gasteiger partial charge in [-0.2, -0.15) is 0 Å². The molecule has 0 unspecified atom stereocenters. The molecule has 1 aliphatic heterocycles. The van der Waals surface area contributed by atoms with Crippen LogP contribution in [0.2, 0.25) is 10.0 Å². The van der Waals surface area contributed by atoms with Crippen molar-refractivity contribution in [1.29, 1.82) is 0 Å². The fourth-order valence-electron chi connectivity index (χ4n) is 3.84. The van der Waals surface area contributed by atoms with Crippen molar-refractivity contribution >= 4 is 55.8 Å². The Bertz CT molecular complexity index is 1100. The van der Waals surface area contributed by atoms with Crippen molar-refractivity contribution in [3.05, 3.63) is 57.1 Å². The molecular formula is C23H25Cl2N3O2S. The molecule has 8 heteroatoms. The molecule has 1 aromatic heterocycles. The van der Waals surface area contributed by atoms with Crippen molar-refractivity contribution in [2.75, 3.05) is 44.3 Å². The molecule has 0 saturated carbocycles. The fraction of sp³-hybridized carbons (Fsp3) is 0.391. The Morgan fingerprint density at radius 3 is 2.74 bits per heavy atom. The molecule has 4 rings (SSSR count). The number of morpholine rings is 1. The van der Waals surface area contributed by atoms with Crippen LogP contribution in [0.4, 0.5) is 5.13 Å². The number of aromatic nitrogens is 1. The Morgan fingerprint density at radius 2 is 1.97 bits per heavy atom. The maximum atomic E-state index is 13.5. The molecule has 0 bridgehead atoms. The van der Waals surface area contributed by atoms with Crippen molar-refractivity contribution in [1.82, 2.24) is 9.88 Å². The second-order valence-electron chi connectivity index (χ2n) is 7.81. The number of nitrogens with zero attached hydrogens (tertiary/aromatic N) is 3. The minimum Gasteiger partial charge on any atom is -0.379 e. The Hall–Kier alpha value is -1.70. The molecule has 1 aliphatic rings. The highest BCUT2D eigenvalue weighted by Gasteiger charge is 2.24. The first-order valence-corrected chi connectivity index (χ1v) is 11.9. The third-order valence-electron chi connectivity index (χ3n) is 5.41. The minimum atomic E-state index is -0.178. The molecule has 1 saturated heterocycles. The number of fused-ring (bicyclic) bond motifs is 1. The molecule has 0 aliphatic carbocycles. The Labute approximate surface area is 196 Å². The minimum absolute atomic E-state index is 0.178. The lowest BCUT2D eigenvalue weighted by Gasteiger charge is -2.27. The van der Waals surface area contributed by atoms with Gasteiger partial charge >= 0.3 is 0 Å². The Kier molecular flexibility index (Phi) is 7.14. The molecule has 164 valence electrons. The van der Waals surface area contributed by atoms with Crippen LogP contribution in [-0.4, -0.2) is 55.2 Å². The lowest BCUT2D eigenvalue weighted by atomic mass is 10.1. The molecule has 2 heterocycles. The average molecular weight is 478 g/mol. The summed E-state index contributed by atoms with van der Waals surface area (Å²) in [5.74, 6) is -0.178. The van der Waals surface area contributed by atoms with Gasteiger partial charge in [-0.15, -0.1) is 0 Å². The van der Waals surface area contributed by atoms with Crippen LogP contribution in [0.25, 0.3) is 10.2 Å². The van der Waals surface area contributed by atoms with Crippen LogP contribution in [-0.2, 0) is 4.74 Å². The van der Waals surface area contributed by atoms with Gasteiger partial charge < -0.3 is 4.74 Å². The second-order valence-corrected chi connectivity index (χ2v) is 9.67. The quantitative estimate of drug-likeness (QED) is 0.464. The fourth-order valence-corrected chi connectivity index (χ4v) is 5.38. The van der Waals surface area contributed by atoms with Gasteiger partial charge in [0.1, 0.15) is 0 Å². The summed E-state index contributed by atoms with van der Waals surface area (Å²) in [5, 5.41) is 1.56. The predicted molar refractivity (Wildman–Crippen MR) is 129 cm³/mol. The van der Waals surface area contributed by atoms with Crippen LogP contribution in [0, 0.1) is 13.8 Å².